The van der Waals surface area contributed by atoms with Gasteiger partial charge in [-0.25, -0.2) is 4.98 Å². The second kappa shape index (κ2) is 8.83. The molecule has 0 spiro atoms. The minimum atomic E-state index is 0.733. The van der Waals surface area contributed by atoms with Gasteiger partial charge in [-0.05, 0) is 30.0 Å². The standard InChI is InChI=1S/C21H24N4/c1-25(17-19-11-6-3-7-12-19)21-23-16-14-20(24-21)22-15-8-13-18-9-4-2-5-10-18/h2-7,9-12,14,16H,8,13,15,17H2,1H3,(H,22,23,24). The fourth-order valence-electron chi connectivity index (χ4n) is 2.71. The topological polar surface area (TPSA) is 41.1 Å². The van der Waals surface area contributed by atoms with E-state index in [1.807, 2.05) is 25.4 Å². The van der Waals surface area contributed by atoms with Gasteiger partial charge in [-0.2, -0.15) is 4.98 Å². The zero-order valence-corrected chi connectivity index (χ0v) is 14.6. The van der Waals surface area contributed by atoms with Crippen LogP contribution in [0.1, 0.15) is 17.5 Å². The van der Waals surface area contributed by atoms with E-state index >= 15 is 0 Å². The smallest absolute Gasteiger partial charge is 0.227 e. The molecule has 0 aliphatic carbocycles. The van der Waals surface area contributed by atoms with Gasteiger partial charge in [0.15, 0.2) is 0 Å². The highest BCUT2D eigenvalue weighted by atomic mass is 15.2. The van der Waals surface area contributed by atoms with Crippen LogP contribution in [0.25, 0.3) is 0 Å². The molecule has 4 nitrogen and oxygen atoms in total. The SMILES string of the molecule is CN(Cc1ccccc1)c1nccc(NCCCc2ccccc2)n1. The van der Waals surface area contributed by atoms with E-state index in [4.69, 9.17) is 0 Å². The molecule has 0 atom stereocenters. The second-order valence-corrected chi connectivity index (χ2v) is 6.10. The van der Waals surface area contributed by atoms with Crippen molar-refractivity contribution < 1.29 is 0 Å². The summed E-state index contributed by atoms with van der Waals surface area (Å²) in [6.07, 6.45) is 3.95. The van der Waals surface area contributed by atoms with Gasteiger partial charge in [-0.15, -0.1) is 0 Å². The Bertz CT molecular complexity index is 759. The quantitative estimate of drug-likeness (QED) is 0.629. The van der Waals surface area contributed by atoms with Gasteiger partial charge >= 0.3 is 0 Å². The number of hydrogen-bond acceptors (Lipinski definition) is 4. The number of aromatic nitrogens is 2. The minimum Gasteiger partial charge on any atom is -0.370 e. The van der Waals surface area contributed by atoms with Crippen LogP contribution in [-0.2, 0) is 13.0 Å². The van der Waals surface area contributed by atoms with E-state index in [0.717, 1.165) is 37.7 Å². The summed E-state index contributed by atoms with van der Waals surface area (Å²) in [5, 5.41) is 3.40. The Kier molecular flexibility index (Phi) is 5.99. The summed E-state index contributed by atoms with van der Waals surface area (Å²) in [6.45, 7) is 1.69. The molecule has 0 saturated carbocycles. The summed E-state index contributed by atoms with van der Waals surface area (Å²) in [6, 6.07) is 22.8. The van der Waals surface area contributed by atoms with Crippen molar-refractivity contribution in [3.63, 3.8) is 0 Å². The molecule has 3 rings (SSSR count). The fourth-order valence-corrected chi connectivity index (χ4v) is 2.71. The van der Waals surface area contributed by atoms with E-state index < -0.39 is 0 Å². The molecular formula is C21H24N4. The Hall–Kier alpha value is -2.88. The van der Waals surface area contributed by atoms with Crippen LogP contribution >= 0.6 is 0 Å². The van der Waals surface area contributed by atoms with Crippen LogP contribution in [0.15, 0.2) is 72.9 Å². The van der Waals surface area contributed by atoms with Crippen LogP contribution in [0.4, 0.5) is 11.8 Å². The van der Waals surface area contributed by atoms with Gasteiger partial charge in [0.1, 0.15) is 5.82 Å². The van der Waals surface area contributed by atoms with Crippen LogP contribution in [0.3, 0.4) is 0 Å². The molecule has 0 aliphatic heterocycles. The van der Waals surface area contributed by atoms with Gasteiger partial charge in [0.05, 0.1) is 0 Å². The highest BCUT2D eigenvalue weighted by Crippen LogP contribution is 2.13. The van der Waals surface area contributed by atoms with Gasteiger partial charge in [0.2, 0.25) is 5.95 Å². The molecule has 1 heterocycles. The van der Waals surface area contributed by atoms with E-state index in [1.54, 1.807) is 0 Å². The molecule has 1 aromatic heterocycles. The van der Waals surface area contributed by atoms with E-state index in [-0.39, 0.29) is 0 Å². The molecule has 4 heteroatoms. The van der Waals surface area contributed by atoms with Crippen LogP contribution in [0.2, 0.25) is 0 Å². The predicted octanol–water partition coefficient (Wildman–Crippen LogP) is 4.16. The summed E-state index contributed by atoms with van der Waals surface area (Å²) < 4.78 is 0. The normalized spacial score (nSPS) is 10.4. The van der Waals surface area contributed by atoms with Crippen molar-refractivity contribution in [3.8, 4) is 0 Å². The van der Waals surface area contributed by atoms with Gasteiger partial charge in [0.25, 0.3) is 0 Å². The number of aryl methyl sites for hydroxylation is 1. The van der Waals surface area contributed by atoms with Crippen LogP contribution in [0, 0.1) is 0 Å². The minimum absolute atomic E-state index is 0.733. The van der Waals surface area contributed by atoms with Gasteiger partial charge in [-0.1, -0.05) is 60.7 Å². The largest absolute Gasteiger partial charge is 0.370 e. The highest BCUT2D eigenvalue weighted by Gasteiger charge is 2.06. The maximum Gasteiger partial charge on any atom is 0.227 e. The molecular weight excluding hydrogens is 308 g/mol. The Morgan fingerprint density at radius 3 is 2.28 bits per heavy atom. The average Bonchev–Trinajstić information content (AvgIpc) is 2.67. The number of benzene rings is 2. The first-order valence-electron chi connectivity index (χ1n) is 8.67. The Balaban J connectivity index is 1.50. The first kappa shape index (κ1) is 17.0. The summed E-state index contributed by atoms with van der Waals surface area (Å²) in [4.78, 5) is 11.1. The lowest BCUT2D eigenvalue weighted by molar-refractivity contribution is 0.845. The van der Waals surface area contributed by atoms with Gasteiger partial charge < -0.3 is 10.2 Å². The third-order valence-corrected chi connectivity index (χ3v) is 4.04. The van der Waals surface area contributed by atoms with Crippen molar-refractivity contribution >= 4 is 11.8 Å². The zero-order chi connectivity index (χ0) is 17.3. The summed E-state index contributed by atoms with van der Waals surface area (Å²) in [7, 11) is 2.02. The molecule has 3 aromatic rings. The lowest BCUT2D eigenvalue weighted by Gasteiger charge is -2.17. The molecule has 0 radical (unpaired) electrons. The number of anilines is 2. The Morgan fingerprint density at radius 2 is 1.56 bits per heavy atom. The maximum atomic E-state index is 4.62. The van der Waals surface area contributed by atoms with E-state index in [0.29, 0.717) is 0 Å². The molecule has 128 valence electrons. The van der Waals surface area contributed by atoms with E-state index in [9.17, 15) is 0 Å². The Labute approximate surface area is 149 Å². The number of nitrogens with one attached hydrogen (secondary N) is 1. The number of nitrogens with zero attached hydrogens (tertiary/aromatic N) is 3. The summed E-state index contributed by atoms with van der Waals surface area (Å²) in [5.41, 5.74) is 2.62. The zero-order valence-electron chi connectivity index (χ0n) is 14.6. The lowest BCUT2D eigenvalue weighted by atomic mass is 10.1. The van der Waals surface area contributed by atoms with Crippen molar-refractivity contribution in [3.05, 3.63) is 84.1 Å². The van der Waals surface area contributed by atoms with Crippen molar-refractivity contribution in [2.24, 2.45) is 0 Å². The maximum absolute atomic E-state index is 4.62. The van der Waals surface area contributed by atoms with Crippen LogP contribution in [0.5, 0.6) is 0 Å². The fraction of sp³-hybridized carbons (Fsp3) is 0.238. The van der Waals surface area contributed by atoms with Crippen molar-refractivity contribution in [2.75, 3.05) is 23.8 Å². The number of rotatable bonds is 8. The van der Waals surface area contributed by atoms with Gasteiger partial charge in [-0.3, -0.25) is 0 Å². The van der Waals surface area contributed by atoms with Gasteiger partial charge in [0, 0.05) is 26.3 Å². The third-order valence-electron chi connectivity index (χ3n) is 4.04. The molecule has 0 aliphatic rings. The first-order chi connectivity index (χ1) is 12.3. The van der Waals surface area contributed by atoms with E-state index in [2.05, 4.69) is 74.8 Å². The highest BCUT2D eigenvalue weighted by molar-refractivity contribution is 5.41. The molecule has 2 aromatic carbocycles. The predicted molar refractivity (Wildman–Crippen MR) is 104 cm³/mol. The third kappa shape index (κ3) is 5.31. The summed E-state index contributed by atoms with van der Waals surface area (Å²) in [5.74, 6) is 1.61. The molecule has 0 fully saturated rings. The van der Waals surface area contributed by atoms with Crippen molar-refractivity contribution in [1.82, 2.24) is 9.97 Å². The monoisotopic (exact) mass is 332 g/mol. The van der Waals surface area contributed by atoms with E-state index in [1.165, 1.54) is 11.1 Å². The van der Waals surface area contributed by atoms with Crippen molar-refractivity contribution in [2.45, 2.75) is 19.4 Å². The number of hydrogen-bond donors (Lipinski definition) is 1. The van der Waals surface area contributed by atoms with Crippen LogP contribution in [-0.4, -0.2) is 23.6 Å². The molecule has 1 N–H and O–H groups in total. The molecule has 0 bridgehead atoms. The van der Waals surface area contributed by atoms with Crippen molar-refractivity contribution in [1.29, 1.82) is 0 Å². The second-order valence-electron chi connectivity index (χ2n) is 6.10. The average molecular weight is 332 g/mol. The molecule has 25 heavy (non-hydrogen) atoms. The lowest BCUT2D eigenvalue weighted by Crippen LogP contribution is -2.19. The molecule has 0 unspecified atom stereocenters. The Morgan fingerprint density at radius 1 is 0.880 bits per heavy atom. The van der Waals surface area contributed by atoms with Crippen LogP contribution < -0.4 is 10.2 Å². The molecule has 0 saturated heterocycles. The first-order valence-corrected chi connectivity index (χ1v) is 8.67. The summed E-state index contributed by atoms with van der Waals surface area (Å²) >= 11 is 0. The molecule has 0 amide bonds.